The summed E-state index contributed by atoms with van der Waals surface area (Å²) in [5.41, 5.74) is 1.30. The number of halogens is 4. The summed E-state index contributed by atoms with van der Waals surface area (Å²) < 4.78 is 61.0. The van der Waals surface area contributed by atoms with Crippen molar-refractivity contribution in [2.45, 2.75) is 6.92 Å². The molecule has 0 radical (unpaired) electrons. The molecule has 4 aromatic carbocycles. The Bertz CT molecular complexity index is 1350. The van der Waals surface area contributed by atoms with Crippen molar-refractivity contribution >= 4 is 10.8 Å². The molecule has 0 aliphatic heterocycles. The van der Waals surface area contributed by atoms with Crippen LogP contribution in [0.2, 0.25) is 0 Å². The molecule has 0 spiro atoms. The molecule has 0 aliphatic carbocycles. The van der Waals surface area contributed by atoms with Crippen LogP contribution >= 0.6 is 0 Å². The van der Waals surface area contributed by atoms with Gasteiger partial charge < -0.3 is 4.74 Å². The van der Waals surface area contributed by atoms with E-state index in [9.17, 15) is 17.6 Å². The maximum absolute atomic E-state index is 14.6. The average molecular weight is 420 g/mol. The summed E-state index contributed by atoms with van der Waals surface area (Å²) in [6.07, 6.45) is 0. The van der Waals surface area contributed by atoms with Crippen LogP contribution in [0.1, 0.15) is 18.1 Å². The van der Waals surface area contributed by atoms with E-state index >= 15 is 0 Å². The number of rotatable bonds is 3. The topological polar surface area (TPSA) is 9.23 Å². The number of fused-ring (bicyclic) bond motifs is 1. The molecule has 0 aliphatic rings. The quantitative estimate of drug-likeness (QED) is 0.260. The Morgan fingerprint density at radius 3 is 2.16 bits per heavy atom. The van der Waals surface area contributed by atoms with Gasteiger partial charge in [-0.05, 0) is 71.8 Å². The molecule has 0 aromatic heterocycles. The van der Waals surface area contributed by atoms with Crippen LogP contribution in [-0.4, -0.2) is 6.61 Å². The molecule has 4 aromatic rings. The lowest BCUT2D eigenvalue weighted by Crippen LogP contribution is -1.94. The zero-order valence-electron chi connectivity index (χ0n) is 16.5. The fourth-order valence-electron chi connectivity index (χ4n) is 3.23. The van der Waals surface area contributed by atoms with Crippen LogP contribution < -0.4 is 4.74 Å². The van der Waals surface area contributed by atoms with Gasteiger partial charge in [0.1, 0.15) is 17.4 Å². The maximum atomic E-state index is 14.6. The number of hydrogen-bond acceptors (Lipinski definition) is 1. The van der Waals surface area contributed by atoms with E-state index in [2.05, 4.69) is 11.8 Å². The largest absolute Gasteiger partial charge is 0.494 e. The predicted octanol–water partition coefficient (Wildman–Crippen LogP) is 6.86. The third kappa shape index (κ3) is 4.39. The molecule has 5 heteroatoms. The molecular formula is C26H16F4O. The zero-order chi connectivity index (χ0) is 22.0. The molecule has 0 amide bonds. The standard InChI is InChI=1S/C26H16F4O/c1-2-31-21-9-10-22(24(28)15-21)19-8-7-17(23(27)13-19)5-3-16-4-6-18-12-25(29)26(30)14-20(18)11-16/h4,6-15H,2H2,1H3. The third-order valence-electron chi connectivity index (χ3n) is 4.75. The number of benzene rings is 4. The van der Waals surface area contributed by atoms with E-state index < -0.39 is 23.3 Å². The van der Waals surface area contributed by atoms with Gasteiger partial charge >= 0.3 is 0 Å². The maximum Gasteiger partial charge on any atom is 0.159 e. The Hall–Kier alpha value is -3.78. The van der Waals surface area contributed by atoms with Crippen LogP contribution in [0.15, 0.2) is 66.7 Å². The summed E-state index contributed by atoms with van der Waals surface area (Å²) in [5, 5.41) is 1.03. The number of hydrogen-bond donors (Lipinski definition) is 0. The molecular weight excluding hydrogens is 404 g/mol. The minimum absolute atomic E-state index is 0.139. The van der Waals surface area contributed by atoms with Gasteiger partial charge in [0.05, 0.1) is 12.2 Å². The van der Waals surface area contributed by atoms with Crippen LogP contribution in [0.4, 0.5) is 17.6 Å². The normalized spacial score (nSPS) is 10.6. The lowest BCUT2D eigenvalue weighted by atomic mass is 10.0. The Labute approximate surface area is 176 Å². The Balaban J connectivity index is 1.62. The van der Waals surface area contributed by atoms with Gasteiger partial charge in [-0.3, -0.25) is 0 Å². The number of ether oxygens (including phenoxy) is 1. The second-order valence-electron chi connectivity index (χ2n) is 6.85. The van der Waals surface area contributed by atoms with Crippen molar-refractivity contribution < 1.29 is 22.3 Å². The average Bonchev–Trinajstić information content (AvgIpc) is 2.74. The lowest BCUT2D eigenvalue weighted by Gasteiger charge is -2.08. The Kier molecular flexibility index (Phi) is 5.64. The van der Waals surface area contributed by atoms with Gasteiger partial charge in [0, 0.05) is 17.2 Å². The summed E-state index contributed by atoms with van der Waals surface area (Å²) in [5.74, 6) is 3.00. The van der Waals surface area contributed by atoms with E-state index in [1.165, 1.54) is 24.3 Å². The Morgan fingerprint density at radius 1 is 0.677 bits per heavy atom. The highest BCUT2D eigenvalue weighted by Crippen LogP contribution is 2.28. The minimum atomic E-state index is -0.944. The van der Waals surface area contributed by atoms with Crippen molar-refractivity contribution in [2.24, 2.45) is 0 Å². The molecule has 0 atom stereocenters. The van der Waals surface area contributed by atoms with E-state index in [4.69, 9.17) is 4.74 Å². The Morgan fingerprint density at radius 2 is 1.45 bits per heavy atom. The van der Waals surface area contributed by atoms with Crippen molar-refractivity contribution in [2.75, 3.05) is 6.61 Å². The third-order valence-corrected chi connectivity index (χ3v) is 4.75. The highest BCUT2D eigenvalue weighted by Gasteiger charge is 2.10. The predicted molar refractivity (Wildman–Crippen MR) is 113 cm³/mol. The molecule has 154 valence electrons. The van der Waals surface area contributed by atoms with Crippen LogP contribution in [0.5, 0.6) is 5.75 Å². The fraction of sp³-hybridized carbons (Fsp3) is 0.0769. The molecule has 0 fully saturated rings. The van der Waals surface area contributed by atoms with Crippen LogP contribution in [0.3, 0.4) is 0 Å². The first-order chi connectivity index (χ1) is 14.9. The van der Waals surface area contributed by atoms with Gasteiger partial charge in [0.25, 0.3) is 0 Å². The second kappa shape index (κ2) is 8.53. The molecule has 0 saturated heterocycles. The van der Waals surface area contributed by atoms with E-state index in [0.717, 1.165) is 12.1 Å². The molecule has 0 N–H and O–H groups in total. The summed E-state index contributed by atoms with van der Waals surface area (Å²) in [7, 11) is 0. The molecule has 0 saturated carbocycles. The van der Waals surface area contributed by atoms with Gasteiger partial charge in [-0.25, -0.2) is 17.6 Å². The van der Waals surface area contributed by atoms with Crippen molar-refractivity contribution in [3.8, 4) is 28.7 Å². The summed E-state index contributed by atoms with van der Waals surface area (Å²) in [6.45, 7) is 2.22. The highest BCUT2D eigenvalue weighted by molar-refractivity contribution is 5.84. The molecule has 0 heterocycles. The fourth-order valence-corrected chi connectivity index (χ4v) is 3.23. The van der Waals surface area contributed by atoms with Gasteiger partial charge in [-0.1, -0.05) is 24.0 Å². The van der Waals surface area contributed by atoms with Crippen molar-refractivity contribution in [1.82, 2.24) is 0 Å². The SMILES string of the molecule is CCOc1ccc(-c2ccc(C#Cc3ccc4cc(F)c(F)cc4c3)c(F)c2)c(F)c1. The summed E-state index contributed by atoms with van der Waals surface area (Å²) in [4.78, 5) is 0. The van der Waals surface area contributed by atoms with Gasteiger partial charge in [-0.15, -0.1) is 0 Å². The van der Waals surface area contributed by atoms with Crippen LogP contribution in [-0.2, 0) is 0 Å². The first kappa shape index (κ1) is 20.5. The van der Waals surface area contributed by atoms with Crippen LogP contribution in [0, 0.1) is 35.1 Å². The molecule has 4 rings (SSSR count). The van der Waals surface area contributed by atoms with E-state index in [1.54, 1.807) is 37.3 Å². The van der Waals surface area contributed by atoms with E-state index in [-0.39, 0.29) is 11.1 Å². The summed E-state index contributed by atoms with van der Waals surface area (Å²) >= 11 is 0. The first-order valence-electron chi connectivity index (χ1n) is 9.57. The molecule has 1 nitrogen and oxygen atoms in total. The summed E-state index contributed by atoms with van der Waals surface area (Å²) in [6, 6.07) is 15.8. The van der Waals surface area contributed by atoms with Crippen molar-refractivity contribution in [1.29, 1.82) is 0 Å². The second-order valence-corrected chi connectivity index (χ2v) is 6.85. The highest BCUT2D eigenvalue weighted by atomic mass is 19.2. The molecule has 0 unspecified atom stereocenters. The first-order valence-corrected chi connectivity index (χ1v) is 9.57. The van der Waals surface area contributed by atoms with E-state index in [1.807, 2.05) is 0 Å². The van der Waals surface area contributed by atoms with E-state index in [0.29, 0.717) is 34.3 Å². The van der Waals surface area contributed by atoms with Crippen LogP contribution in [0.25, 0.3) is 21.9 Å². The minimum Gasteiger partial charge on any atom is -0.494 e. The van der Waals surface area contributed by atoms with Gasteiger partial charge in [0.2, 0.25) is 0 Å². The van der Waals surface area contributed by atoms with Crippen molar-refractivity contribution in [3.63, 3.8) is 0 Å². The smallest absolute Gasteiger partial charge is 0.159 e. The monoisotopic (exact) mass is 420 g/mol. The molecule has 31 heavy (non-hydrogen) atoms. The van der Waals surface area contributed by atoms with Crippen molar-refractivity contribution in [3.05, 3.63) is 101 Å². The zero-order valence-corrected chi connectivity index (χ0v) is 16.5. The molecule has 0 bridgehead atoms. The van der Waals surface area contributed by atoms with Gasteiger partial charge in [0.15, 0.2) is 11.6 Å². The van der Waals surface area contributed by atoms with Gasteiger partial charge in [-0.2, -0.15) is 0 Å². The lowest BCUT2D eigenvalue weighted by molar-refractivity contribution is 0.338.